The molecule has 1 heterocycles. The van der Waals surface area contributed by atoms with Gasteiger partial charge in [-0.1, -0.05) is 0 Å². The van der Waals surface area contributed by atoms with Gasteiger partial charge in [-0.3, -0.25) is 20.8 Å². The van der Waals surface area contributed by atoms with Crippen molar-refractivity contribution in [2.75, 3.05) is 33.0 Å². The van der Waals surface area contributed by atoms with E-state index in [-0.39, 0.29) is 38.1 Å². The minimum absolute atomic E-state index is 0.0642. The molecule has 12 nitrogen and oxygen atoms in total. The summed E-state index contributed by atoms with van der Waals surface area (Å²) in [6.07, 6.45) is 0.268. The summed E-state index contributed by atoms with van der Waals surface area (Å²) in [5.41, 5.74) is 0. The van der Waals surface area contributed by atoms with Crippen LogP contribution in [0, 0.1) is 0 Å². The van der Waals surface area contributed by atoms with E-state index in [4.69, 9.17) is 40.1 Å². The molecule has 0 aliphatic carbocycles. The minimum atomic E-state index is -0.799. The molecule has 0 aromatic rings. The van der Waals surface area contributed by atoms with Crippen molar-refractivity contribution < 1.29 is 49.8 Å². The van der Waals surface area contributed by atoms with Crippen LogP contribution in [-0.4, -0.2) is 94.2 Å². The summed E-state index contributed by atoms with van der Waals surface area (Å²) in [5, 5.41) is 42.2. The molecule has 1 unspecified atom stereocenters. The maximum absolute atomic E-state index is 8.84. The summed E-state index contributed by atoms with van der Waals surface area (Å²) < 4.78 is 16.8. The minimum Gasteiger partial charge on any atom is -0.394 e. The molecule has 0 amide bonds. The predicted octanol–water partition coefficient (Wildman–Crippen LogP) is -0.269. The molecular weight excluding hydrogens is 344 g/mol. The van der Waals surface area contributed by atoms with Crippen molar-refractivity contribution in [2.24, 2.45) is 0 Å². The number of hydrogen-bond acceptors (Lipinski definition) is 12. The van der Waals surface area contributed by atoms with E-state index in [1.165, 1.54) is 0 Å². The first-order valence-electron chi connectivity index (χ1n) is 8.05. The van der Waals surface area contributed by atoms with Gasteiger partial charge in [0.2, 0.25) is 0 Å². The molecule has 0 spiro atoms. The van der Waals surface area contributed by atoms with Crippen molar-refractivity contribution in [3.63, 3.8) is 0 Å². The second kappa shape index (κ2) is 12.8. The number of aliphatic hydroxyl groups excluding tert-OH is 1. The van der Waals surface area contributed by atoms with Gasteiger partial charge in [0.1, 0.15) is 24.9 Å². The van der Waals surface area contributed by atoms with E-state index in [9.17, 15) is 0 Å². The summed E-state index contributed by atoms with van der Waals surface area (Å²) in [5.74, 6) is 0. The number of nitrogens with zero attached hydrogens (tertiary/aromatic N) is 2. The van der Waals surface area contributed by atoms with Crippen LogP contribution in [0.2, 0.25) is 0 Å². The van der Waals surface area contributed by atoms with Gasteiger partial charge < -0.3 is 19.3 Å². The van der Waals surface area contributed by atoms with E-state index in [0.29, 0.717) is 32.5 Å². The number of ether oxygens (including phenoxy) is 3. The lowest BCUT2D eigenvalue weighted by Crippen LogP contribution is -2.35. The third kappa shape index (κ3) is 9.69. The molecule has 25 heavy (non-hydrogen) atoms. The summed E-state index contributed by atoms with van der Waals surface area (Å²) >= 11 is 0. The molecule has 1 saturated heterocycles. The average molecular weight is 372 g/mol. The highest BCUT2D eigenvalue weighted by molar-refractivity contribution is 4.83. The Balaban J connectivity index is 2.21. The Labute approximate surface area is 145 Å². The van der Waals surface area contributed by atoms with E-state index >= 15 is 0 Å². The smallest absolute Gasteiger partial charge is 0.112 e. The highest BCUT2D eigenvalue weighted by Gasteiger charge is 2.35. The lowest BCUT2D eigenvalue weighted by molar-refractivity contribution is -0.527. The monoisotopic (exact) mass is 372 g/mol. The van der Waals surface area contributed by atoms with Crippen LogP contribution in [0.15, 0.2) is 0 Å². The van der Waals surface area contributed by atoms with Crippen LogP contribution < -0.4 is 0 Å². The van der Waals surface area contributed by atoms with Gasteiger partial charge in [-0.25, -0.2) is 9.68 Å². The molecule has 0 bridgehead atoms. The van der Waals surface area contributed by atoms with E-state index in [2.05, 4.69) is 9.68 Å². The quantitative estimate of drug-likeness (QED) is 0.201. The number of hydrogen-bond donors (Lipinski definition) is 5. The second-order valence-corrected chi connectivity index (χ2v) is 5.53. The Kier molecular flexibility index (Phi) is 11.6. The SMILES string of the molecule is C[C@H]1OC[C@@H](OCCCCC(CON(O)O)ON(O)O)[C@H]1OCCO. The van der Waals surface area contributed by atoms with Gasteiger partial charge in [0.05, 0.1) is 36.7 Å². The molecule has 0 radical (unpaired) electrons. The molecule has 1 aliphatic rings. The zero-order valence-electron chi connectivity index (χ0n) is 14.1. The molecule has 1 aliphatic heterocycles. The molecule has 5 N–H and O–H groups in total. The Morgan fingerprint density at radius 2 is 1.84 bits per heavy atom. The molecule has 1 fully saturated rings. The fraction of sp³-hybridized carbons (Fsp3) is 1.00. The third-order valence-electron chi connectivity index (χ3n) is 3.63. The maximum Gasteiger partial charge on any atom is 0.112 e. The highest BCUT2D eigenvalue weighted by atomic mass is 17.1. The Bertz CT molecular complexity index is 336. The first kappa shape index (κ1) is 22.6. The van der Waals surface area contributed by atoms with Gasteiger partial charge in [0.25, 0.3) is 0 Å². The molecule has 0 aromatic carbocycles. The van der Waals surface area contributed by atoms with E-state index < -0.39 is 16.9 Å². The van der Waals surface area contributed by atoms with Crippen LogP contribution >= 0.6 is 0 Å². The fourth-order valence-corrected chi connectivity index (χ4v) is 2.47. The Morgan fingerprint density at radius 3 is 2.48 bits per heavy atom. The zero-order valence-corrected chi connectivity index (χ0v) is 14.1. The van der Waals surface area contributed by atoms with Crippen molar-refractivity contribution in [2.45, 2.75) is 50.6 Å². The number of rotatable bonds is 14. The molecule has 1 rings (SSSR count). The van der Waals surface area contributed by atoms with Crippen LogP contribution in [0.5, 0.6) is 0 Å². The third-order valence-corrected chi connectivity index (χ3v) is 3.63. The van der Waals surface area contributed by atoms with Gasteiger partial charge in [-0.15, -0.1) is 0 Å². The fourth-order valence-electron chi connectivity index (χ4n) is 2.47. The highest BCUT2D eigenvalue weighted by Crippen LogP contribution is 2.20. The molecule has 0 aromatic heterocycles. The molecule has 150 valence electrons. The van der Waals surface area contributed by atoms with Crippen LogP contribution in [0.4, 0.5) is 0 Å². The molecule has 12 heteroatoms. The van der Waals surface area contributed by atoms with Crippen molar-refractivity contribution in [1.82, 2.24) is 10.8 Å². The van der Waals surface area contributed by atoms with Gasteiger partial charge in [0.15, 0.2) is 0 Å². The summed E-state index contributed by atoms with van der Waals surface area (Å²) in [6.45, 7) is 2.60. The normalized spacial score (nSPS) is 25.2. The van der Waals surface area contributed by atoms with E-state index in [1.54, 1.807) is 0 Å². The molecule has 4 atom stereocenters. The second-order valence-electron chi connectivity index (χ2n) is 5.53. The van der Waals surface area contributed by atoms with Crippen LogP contribution in [0.25, 0.3) is 0 Å². The van der Waals surface area contributed by atoms with Crippen molar-refractivity contribution in [1.29, 1.82) is 0 Å². The van der Waals surface area contributed by atoms with Gasteiger partial charge in [-0.05, 0) is 26.2 Å². The largest absolute Gasteiger partial charge is 0.394 e. The van der Waals surface area contributed by atoms with Gasteiger partial charge >= 0.3 is 0 Å². The Hall–Kier alpha value is -0.480. The van der Waals surface area contributed by atoms with Gasteiger partial charge in [-0.2, -0.15) is 0 Å². The topological polar surface area (TPSA) is 154 Å². The van der Waals surface area contributed by atoms with Crippen LogP contribution in [0.3, 0.4) is 0 Å². The summed E-state index contributed by atoms with van der Waals surface area (Å²) in [4.78, 5) is 9.01. The lowest BCUT2D eigenvalue weighted by Gasteiger charge is -2.21. The first-order valence-corrected chi connectivity index (χ1v) is 8.05. The number of aliphatic hydroxyl groups is 1. The standard InChI is InChI=1S/C13H28N2O10/c1-10-13(22-7-5-16)12(9-23-10)21-6-3-2-4-11(25-15(19)20)8-24-14(17)18/h10-13,16-20H,2-9H2,1H3/t10-,11?,12-,13+/m1/s1. The molecular formula is C13H28N2O10. The van der Waals surface area contributed by atoms with E-state index in [1.807, 2.05) is 6.92 Å². The van der Waals surface area contributed by atoms with Crippen molar-refractivity contribution in [3.05, 3.63) is 0 Å². The molecule has 0 saturated carbocycles. The summed E-state index contributed by atoms with van der Waals surface area (Å²) in [6, 6.07) is 0. The van der Waals surface area contributed by atoms with Gasteiger partial charge in [0, 0.05) is 6.61 Å². The van der Waals surface area contributed by atoms with Crippen molar-refractivity contribution >= 4 is 0 Å². The maximum atomic E-state index is 8.84. The van der Waals surface area contributed by atoms with Crippen LogP contribution in [-0.2, 0) is 23.9 Å². The van der Waals surface area contributed by atoms with Crippen LogP contribution in [0.1, 0.15) is 26.2 Å². The Morgan fingerprint density at radius 1 is 1.08 bits per heavy atom. The zero-order chi connectivity index (χ0) is 18.7. The average Bonchev–Trinajstić information content (AvgIpc) is 2.89. The summed E-state index contributed by atoms with van der Waals surface area (Å²) in [7, 11) is 0. The first-order chi connectivity index (χ1) is 11.9. The number of unbranched alkanes of at least 4 members (excludes halogenated alkanes) is 1. The lowest BCUT2D eigenvalue weighted by atomic mass is 10.1. The predicted molar refractivity (Wildman–Crippen MR) is 77.5 cm³/mol. The van der Waals surface area contributed by atoms with Crippen molar-refractivity contribution in [3.8, 4) is 0 Å². The van der Waals surface area contributed by atoms with E-state index in [0.717, 1.165) is 0 Å².